The zero-order valence-corrected chi connectivity index (χ0v) is 4.85. The molecule has 0 saturated heterocycles. The van der Waals surface area contributed by atoms with Crippen molar-refractivity contribution in [3.8, 4) is 0 Å². The Morgan fingerprint density at radius 1 is 1.75 bits per heavy atom. The molecule has 0 bridgehead atoms. The highest BCUT2D eigenvalue weighted by Crippen LogP contribution is 2.03. The third-order valence-corrected chi connectivity index (χ3v) is 1.21. The number of nitrogens with zero attached hydrogens (tertiary/aromatic N) is 2. The molecule has 0 aromatic carbocycles. The molecular formula is C3H5N3OS. The van der Waals surface area contributed by atoms with Crippen LogP contribution < -0.4 is 5.73 Å². The molecule has 4 nitrogen and oxygen atoms in total. The highest BCUT2D eigenvalue weighted by atomic mass is 32.1. The second-order valence-corrected chi connectivity index (χ2v) is 1.99. The lowest BCUT2D eigenvalue weighted by Crippen LogP contribution is -1.86. The van der Waals surface area contributed by atoms with Gasteiger partial charge in [-0.25, -0.2) is 4.98 Å². The number of nitrogen functional groups attached to an aromatic ring is 1. The predicted molar refractivity (Wildman–Crippen MR) is 30.2 cm³/mol. The minimum absolute atomic E-state index is 0.131. The van der Waals surface area contributed by atoms with Crippen molar-refractivity contribution < 1.29 is 5.11 Å². The average Bonchev–Trinajstić information content (AvgIpc) is 2.14. The fraction of sp³-hybridized carbons (Fsp3) is 0.333. The first-order valence-corrected chi connectivity index (χ1v) is 2.79. The van der Waals surface area contributed by atoms with E-state index in [-0.39, 0.29) is 6.61 Å². The molecule has 1 aromatic rings. The van der Waals surface area contributed by atoms with Crippen LogP contribution in [-0.2, 0) is 6.61 Å². The van der Waals surface area contributed by atoms with Crippen molar-refractivity contribution in [3.63, 3.8) is 0 Å². The quantitative estimate of drug-likeness (QED) is 0.544. The van der Waals surface area contributed by atoms with E-state index in [1.165, 1.54) is 0 Å². The third kappa shape index (κ3) is 0.932. The monoisotopic (exact) mass is 131 g/mol. The molecule has 0 fully saturated rings. The number of anilines is 1. The lowest BCUT2D eigenvalue weighted by molar-refractivity contribution is 0.273. The molecular weight excluding hydrogens is 126 g/mol. The average molecular weight is 131 g/mol. The van der Waals surface area contributed by atoms with Gasteiger partial charge in [0.1, 0.15) is 6.61 Å². The SMILES string of the molecule is Nc1nc(CO)ns1. The summed E-state index contributed by atoms with van der Waals surface area (Å²) in [6.45, 7) is -0.131. The molecule has 1 heterocycles. The lowest BCUT2D eigenvalue weighted by Gasteiger charge is -1.77. The Labute approximate surface area is 50.2 Å². The van der Waals surface area contributed by atoms with Crippen LogP contribution in [0.1, 0.15) is 5.82 Å². The van der Waals surface area contributed by atoms with E-state index in [4.69, 9.17) is 10.8 Å². The number of hydrogen-bond donors (Lipinski definition) is 2. The number of aliphatic hydroxyl groups excluding tert-OH is 1. The van der Waals surface area contributed by atoms with Crippen LogP contribution in [0.3, 0.4) is 0 Å². The van der Waals surface area contributed by atoms with Crippen LogP contribution in [0.25, 0.3) is 0 Å². The third-order valence-electron chi connectivity index (χ3n) is 0.625. The Balaban J connectivity index is 2.84. The summed E-state index contributed by atoms with van der Waals surface area (Å²) >= 11 is 1.09. The minimum atomic E-state index is -0.131. The van der Waals surface area contributed by atoms with Gasteiger partial charge in [-0.05, 0) is 0 Å². The molecule has 0 spiro atoms. The highest BCUT2D eigenvalue weighted by molar-refractivity contribution is 7.09. The normalized spacial score (nSPS) is 9.62. The van der Waals surface area contributed by atoms with Crippen LogP contribution in [0.4, 0.5) is 5.13 Å². The summed E-state index contributed by atoms with van der Waals surface area (Å²) in [5, 5.41) is 8.77. The van der Waals surface area contributed by atoms with E-state index in [2.05, 4.69) is 9.36 Å². The summed E-state index contributed by atoms with van der Waals surface area (Å²) < 4.78 is 3.69. The van der Waals surface area contributed by atoms with E-state index in [0.29, 0.717) is 11.0 Å². The molecule has 0 aliphatic rings. The summed E-state index contributed by atoms with van der Waals surface area (Å²) in [5.74, 6) is 0.396. The van der Waals surface area contributed by atoms with Gasteiger partial charge in [0.25, 0.3) is 0 Å². The molecule has 0 amide bonds. The Bertz CT molecular complexity index is 175. The molecule has 0 aliphatic heterocycles. The molecule has 5 heteroatoms. The molecule has 0 atom stereocenters. The zero-order chi connectivity index (χ0) is 5.98. The minimum Gasteiger partial charge on any atom is -0.388 e. The molecule has 8 heavy (non-hydrogen) atoms. The number of nitrogens with two attached hydrogens (primary N) is 1. The fourth-order valence-electron chi connectivity index (χ4n) is 0.332. The van der Waals surface area contributed by atoms with E-state index in [0.717, 1.165) is 11.5 Å². The Morgan fingerprint density at radius 2 is 2.50 bits per heavy atom. The van der Waals surface area contributed by atoms with Crippen molar-refractivity contribution in [2.24, 2.45) is 0 Å². The van der Waals surface area contributed by atoms with Gasteiger partial charge in [0, 0.05) is 11.5 Å². The summed E-state index contributed by atoms with van der Waals surface area (Å²) in [5.41, 5.74) is 5.19. The molecule has 44 valence electrons. The van der Waals surface area contributed by atoms with Crippen molar-refractivity contribution in [2.75, 3.05) is 5.73 Å². The number of aromatic nitrogens is 2. The highest BCUT2D eigenvalue weighted by Gasteiger charge is 1.95. The molecule has 3 N–H and O–H groups in total. The van der Waals surface area contributed by atoms with Crippen LogP contribution in [0.15, 0.2) is 0 Å². The van der Waals surface area contributed by atoms with Gasteiger partial charge >= 0.3 is 0 Å². The Kier molecular flexibility index (Phi) is 1.40. The van der Waals surface area contributed by atoms with Gasteiger partial charge in [0.15, 0.2) is 11.0 Å². The van der Waals surface area contributed by atoms with Gasteiger partial charge in [-0.15, -0.1) is 0 Å². The molecule has 0 unspecified atom stereocenters. The second kappa shape index (κ2) is 2.06. The van der Waals surface area contributed by atoms with Crippen LogP contribution in [-0.4, -0.2) is 14.5 Å². The summed E-state index contributed by atoms with van der Waals surface area (Å²) in [6, 6.07) is 0. The first-order valence-electron chi connectivity index (χ1n) is 2.02. The fourth-order valence-corrected chi connectivity index (χ4v) is 0.775. The lowest BCUT2D eigenvalue weighted by atomic mass is 10.7. The van der Waals surface area contributed by atoms with Gasteiger partial charge in [-0.2, -0.15) is 4.37 Å². The van der Waals surface area contributed by atoms with Gasteiger partial charge in [0.2, 0.25) is 0 Å². The maximum absolute atomic E-state index is 8.38. The molecule has 0 aliphatic carbocycles. The van der Waals surface area contributed by atoms with Gasteiger partial charge in [-0.3, -0.25) is 0 Å². The molecule has 0 radical (unpaired) electrons. The van der Waals surface area contributed by atoms with Gasteiger partial charge in [0.05, 0.1) is 0 Å². The number of hydrogen-bond acceptors (Lipinski definition) is 5. The van der Waals surface area contributed by atoms with Crippen molar-refractivity contribution >= 4 is 16.7 Å². The van der Waals surface area contributed by atoms with E-state index >= 15 is 0 Å². The smallest absolute Gasteiger partial charge is 0.200 e. The van der Waals surface area contributed by atoms with Gasteiger partial charge in [-0.1, -0.05) is 0 Å². The first kappa shape index (κ1) is 5.46. The second-order valence-electron chi connectivity index (χ2n) is 1.21. The van der Waals surface area contributed by atoms with Crippen molar-refractivity contribution in [1.82, 2.24) is 9.36 Å². The van der Waals surface area contributed by atoms with E-state index in [1.54, 1.807) is 0 Å². The first-order chi connectivity index (χ1) is 3.83. The summed E-state index contributed by atoms with van der Waals surface area (Å²) in [4.78, 5) is 3.66. The van der Waals surface area contributed by atoms with E-state index in [1.807, 2.05) is 0 Å². The predicted octanol–water partition coefficient (Wildman–Crippen LogP) is -0.387. The zero-order valence-electron chi connectivity index (χ0n) is 4.03. The molecule has 0 saturated carbocycles. The topological polar surface area (TPSA) is 72.0 Å². The van der Waals surface area contributed by atoms with Gasteiger partial charge < -0.3 is 10.8 Å². The number of aliphatic hydroxyl groups is 1. The van der Waals surface area contributed by atoms with Crippen LogP contribution in [0.2, 0.25) is 0 Å². The largest absolute Gasteiger partial charge is 0.388 e. The summed E-state index contributed by atoms with van der Waals surface area (Å²) in [7, 11) is 0. The maximum atomic E-state index is 8.38. The van der Waals surface area contributed by atoms with Crippen molar-refractivity contribution in [2.45, 2.75) is 6.61 Å². The molecule has 1 rings (SSSR count). The Morgan fingerprint density at radius 3 is 2.75 bits per heavy atom. The van der Waals surface area contributed by atoms with E-state index in [9.17, 15) is 0 Å². The maximum Gasteiger partial charge on any atom is 0.200 e. The van der Waals surface area contributed by atoms with Crippen LogP contribution >= 0.6 is 11.5 Å². The molecule has 1 aromatic heterocycles. The summed E-state index contributed by atoms with van der Waals surface area (Å²) in [6.07, 6.45) is 0. The Hall–Kier alpha value is -0.680. The van der Waals surface area contributed by atoms with E-state index < -0.39 is 0 Å². The number of rotatable bonds is 1. The van der Waals surface area contributed by atoms with Crippen LogP contribution in [0, 0.1) is 0 Å². The van der Waals surface area contributed by atoms with Crippen LogP contribution in [0.5, 0.6) is 0 Å². The van der Waals surface area contributed by atoms with Crippen molar-refractivity contribution in [1.29, 1.82) is 0 Å². The van der Waals surface area contributed by atoms with Crippen molar-refractivity contribution in [3.05, 3.63) is 5.82 Å². The standard InChI is InChI=1S/C3H5N3OS/c4-3-5-2(1-7)6-8-3/h7H,1H2,(H2,4,5,6).